The van der Waals surface area contributed by atoms with Crippen molar-refractivity contribution in [1.82, 2.24) is 0 Å². The summed E-state index contributed by atoms with van der Waals surface area (Å²) in [4.78, 5) is 0. The summed E-state index contributed by atoms with van der Waals surface area (Å²) in [5.74, 6) is 0. The molecule has 56 valence electrons. The third-order valence-electron chi connectivity index (χ3n) is 1.15. The molecule has 0 amide bonds. The molecule has 0 aliphatic rings. The number of rotatable bonds is 3. The van der Waals surface area contributed by atoms with Gasteiger partial charge in [0.2, 0.25) is 0 Å². The van der Waals surface area contributed by atoms with Crippen molar-refractivity contribution >= 4 is 11.9 Å². The van der Waals surface area contributed by atoms with Crippen molar-refractivity contribution in [2.45, 2.75) is 0 Å². The number of hydrazone groups is 1. The summed E-state index contributed by atoms with van der Waals surface area (Å²) < 4.78 is 0. The molecule has 0 radical (unpaired) electrons. The molecule has 1 aromatic carbocycles. The van der Waals surface area contributed by atoms with Crippen LogP contribution in [0.25, 0.3) is 0 Å². The van der Waals surface area contributed by atoms with Crippen molar-refractivity contribution in [2.24, 2.45) is 5.10 Å². The van der Waals surface area contributed by atoms with Gasteiger partial charge in [-0.2, -0.15) is 5.10 Å². The number of nitrogens with one attached hydrogen (secondary N) is 1. The molecule has 0 unspecified atom stereocenters. The fourth-order valence-corrected chi connectivity index (χ4v) is 0.677. The maximum Gasteiger partial charge on any atom is 0.0561 e. The number of hydrogen-bond donors (Lipinski definition) is 1. The molecule has 1 N–H and O–H groups in total. The van der Waals surface area contributed by atoms with Gasteiger partial charge in [-0.05, 0) is 18.2 Å². The SMILES string of the molecule is C=C/C=N/Nc1ccccc1. The van der Waals surface area contributed by atoms with E-state index in [0.29, 0.717) is 0 Å². The number of benzene rings is 1. The fourth-order valence-electron chi connectivity index (χ4n) is 0.677. The van der Waals surface area contributed by atoms with Crippen molar-refractivity contribution in [2.75, 3.05) is 5.43 Å². The lowest BCUT2D eigenvalue weighted by Crippen LogP contribution is -1.86. The molecule has 1 rings (SSSR count). The smallest absolute Gasteiger partial charge is 0.0561 e. The van der Waals surface area contributed by atoms with E-state index in [4.69, 9.17) is 0 Å². The molecular formula is C9H10N2. The monoisotopic (exact) mass is 146 g/mol. The molecule has 0 atom stereocenters. The van der Waals surface area contributed by atoms with Crippen molar-refractivity contribution in [3.05, 3.63) is 43.0 Å². The predicted molar refractivity (Wildman–Crippen MR) is 48.8 cm³/mol. The van der Waals surface area contributed by atoms with E-state index in [-0.39, 0.29) is 0 Å². The predicted octanol–water partition coefficient (Wildman–Crippen LogP) is 2.27. The molecular weight excluding hydrogens is 136 g/mol. The van der Waals surface area contributed by atoms with Crippen LogP contribution in [0.3, 0.4) is 0 Å². The van der Waals surface area contributed by atoms with Crippen LogP contribution >= 0.6 is 0 Å². The van der Waals surface area contributed by atoms with Gasteiger partial charge in [-0.25, -0.2) is 0 Å². The highest BCUT2D eigenvalue weighted by Gasteiger charge is 1.81. The van der Waals surface area contributed by atoms with E-state index in [1.807, 2.05) is 30.3 Å². The molecule has 0 aliphatic heterocycles. The fraction of sp³-hybridized carbons (Fsp3) is 0. The van der Waals surface area contributed by atoms with Crippen LogP contribution in [0.15, 0.2) is 48.1 Å². The molecule has 0 saturated heterocycles. The van der Waals surface area contributed by atoms with Gasteiger partial charge in [-0.3, -0.25) is 5.43 Å². The summed E-state index contributed by atoms with van der Waals surface area (Å²) in [5.41, 5.74) is 3.82. The normalized spacial score (nSPS) is 9.82. The average molecular weight is 146 g/mol. The summed E-state index contributed by atoms with van der Waals surface area (Å²) in [6.07, 6.45) is 3.23. The first kappa shape index (κ1) is 7.54. The number of anilines is 1. The first-order chi connectivity index (χ1) is 5.43. The lowest BCUT2D eigenvalue weighted by atomic mass is 10.3. The molecule has 0 aliphatic carbocycles. The highest BCUT2D eigenvalue weighted by atomic mass is 15.3. The van der Waals surface area contributed by atoms with Crippen molar-refractivity contribution < 1.29 is 0 Å². The topological polar surface area (TPSA) is 24.4 Å². The molecule has 0 fully saturated rings. The minimum atomic E-state index is 0.977. The van der Waals surface area contributed by atoms with E-state index in [1.165, 1.54) is 0 Å². The van der Waals surface area contributed by atoms with Crippen LogP contribution in [0, 0.1) is 0 Å². The van der Waals surface area contributed by atoms with Crippen LogP contribution in [0.5, 0.6) is 0 Å². The van der Waals surface area contributed by atoms with Crippen LogP contribution in [0.2, 0.25) is 0 Å². The zero-order valence-corrected chi connectivity index (χ0v) is 6.20. The van der Waals surface area contributed by atoms with Crippen molar-refractivity contribution in [1.29, 1.82) is 0 Å². The molecule has 2 heteroatoms. The van der Waals surface area contributed by atoms with Crippen molar-refractivity contribution in [3.8, 4) is 0 Å². The number of para-hydroxylation sites is 1. The summed E-state index contributed by atoms with van der Waals surface area (Å²) >= 11 is 0. The Balaban J connectivity index is 2.51. The van der Waals surface area contributed by atoms with Crippen LogP contribution in [-0.2, 0) is 0 Å². The second-order valence-corrected chi connectivity index (χ2v) is 1.99. The lowest BCUT2D eigenvalue weighted by molar-refractivity contribution is 1.36. The Kier molecular flexibility index (Phi) is 2.93. The minimum absolute atomic E-state index is 0.977. The third-order valence-corrected chi connectivity index (χ3v) is 1.15. The molecule has 0 spiro atoms. The van der Waals surface area contributed by atoms with Gasteiger partial charge in [-0.1, -0.05) is 24.8 Å². The minimum Gasteiger partial charge on any atom is -0.279 e. The summed E-state index contributed by atoms with van der Waals surface area (Å²) in [5, 5.41) is 3.87. The van der Waals surface area contributed by atoms with Gasteiger partial charge in [-0.15, -0.1) is 0 Å². The van der Waals surface area contributed by atoms with Crippen LogP contribution < -0.4 is 5.43 Å². The van der Waals surface area contributed by atoms with E-state index >= 15 is 0 Å². The molecule has 0 heterocycles. The Morgan fingerprint density at radius 3 is 2.64 bits per heavy atom. The Morgan fingerprint density at radius 2 is 2.00 bits per heavy atom. The number of nitrogens with zero attached hydrogens (tertiary/aromatic N) is 1. The second kappa shape index (κ2) is 4.28. The maximum atomic E-state index is 3.87. The first-order valence-electron chi connectivity index (χ1n) is 3.38. The summed E-state index contributed by atoms with van der Waals surface area (Å²) in [6.45, 7) is 3.50. The molecule has 0 aromatic heterocycles. The molecule has 1 aromatic rings. The van der Waals surface area contributed by atoms with Gasteiger partial charge in [0.15, 0.2) is 0 Å². The number of hydrogen-bond acceptors (Lipinski definition) is 2. The first-order valence-corrected chi connectivity index (χ1v) is 3.38. The Labute approximate surface area is 66.3 Å². The summed E-state index contributed by atoms with van der Waals surface area (Å²) in [6, 6.07) is 9.75. The Morgan fingerprint density at radius 1 is 1.27 bits per heavy atom. The average Bonchev–Trinajstić information content (AvgIpc) is 2.07. The number of allylic oxidation sites excluding steroid dienone is 1. The second-order valence-electron chi connectivity index (χ2n) is 1.99. The summed E-state index contributed by atoms with van der Waals surface area (Å²) in [7, 11) is 0. The standard InChI is InChI=1S/C9H10N2/c1-2-8-10-11-9-6-4-3-5-7-9/h2-8,11H,1H2/b10-8+. The van der Waals surface area contributed by atoms with E-state index in [2.05, 4.69) is 17.1 Å². The van der Waals surface area contributed by atoms with E-state index < -0.39 is 0 Å². The van der Waals surface area contributed by atoms with Gasteiger partial charge in [0.25, 0.3) is 0 Å². The third kappa shape index (κ3) is 2.67. The van der Waals surface area contributed by atoms with Crippen LogP contribution in [-0.4, -0.2) is 6.21 Å². The van der Waals surface area contributed by atoms with Gasteiger partial charge in [0, 0.05) is 6.21 Å². The van der Waals surface area contributed by atoms with E-state index in [9.17, 15) is 0 Å². The molecule has 2 nitrogen and oxygen atoms in total. The Bertz CT molecular complexity index is 239. The molecule has 0 bridgehead atoms. The van der Waals surface area contributed by atoms with Crippen molar-refractivity contribution in [3.63, 3.8) is 0 Å². The van der Waals surface area contributed by atoms with Gasteiger partial charge >= 0.3 is 0 Å². The Hall–Kier alpha value is -1.57. The maximum absolute atomic E-state index is 3.87. The highest BCUT2D eigenvalue weighted by Crippen LogP contribution is 2.03. The zero-order chi connectivity index (χ0) is 7.94. The quantitative estimate of drug-likeness (QED) is 0.513. The molecule has 11 heavy (non-hydrogen) atoms. The zero-order valence-electron chi connectivity index (χ0n) is 6.20. The van der Waals surface area contributed by atoms with Gasteiger partial charge < -0.3 is 0 Å². The van der Waals surface area contributed by atoms with Crippen LogP contribution in [0.4, 0.5) is 5.69 Å². The highest BCUT2D eigenvalue weighted by molar-refractivity contribution is 5.71. The van der Waals surface area contributed by atoms with E-state index in [1.54, 1.807) is 12.3 Å². The van der Waals surface area contributed by atoms with E-state index in [0.717, 1.165) is 5.69 Å². The van der Waals surface area contributed by atoms with Crippen LogP contribution in [0.1, 0.15) is 0 Å². The molecule has 0 saturated carbocycles. The van der Waals surface area contributed by atoms with Gasteiger partial charge in [0.05, 0.1) is 5.69 Å². The van der Waals surface area contributed by atoms with Gasteiger partial charge in [0.1, 0.15) is 0 Å². The largest absolute Gasteiger partial charge is 0.279 e. The lowest BCUT2D eigenvalue weighted by Gasteiger charge is -1.95.